The zero-order valence-electron chi connectivity index (χ0n) is 45.3. The topological polar surface area (TPSA) is 166 Å². The van der Waals surface area contributed by atoms with Gasteiger partial charge in [-0.2, -0.15) is 0 Å². The van der Waals surface area contributed by atoms with Crippen LogP contribution in [0.2, 0.25) is 0 Å². The first-order valence-corrected chi connectivity index (χ1v) is 30.5. The van der Waals surface area contributed by atoms with Crippen LogP contribution >= 0.6 is 0 Å². The molecule has 13 aliphatic rings. The third-order valence-corrected chi connectivity index (χ3v) is 26.4. The highest BCUT2D eigenvalue weighted by Crippen LogP contribution is 2.83. The molecule has 15 rings (SSSR count). The Labute approximate surface area is 451 Å². The molecular formula is C66H85NO9. The summed E-state index contributed by atoms with van der Waals surface area (Å²) in [5.74, 6) is 7.38. The molecule has 10 fully saturated rings. The molecule has 9 saturated carbocycles. The molecular weight excluding hydrogens is 951 g/mol. The zero-order valence-corrected chi connectivity index (χ0v) is 45.3. The molecule has 0 unspecified atom stereocenters. The molecule has 2 aromatic carbocycles. The minimum Gasteiger partial charge on any atom is -0.454 e. The second-order valence-corrected chi connectivity index (χ2v) is 27.9. The molecule has 408 valence electrons. The number of rotatable bonds is 7. The van der Waals surface area contributed by atoms with E-state index < -0.39 is 57.0 Å². The first kappa shape index (κ1) is 50.8. The molecule has 0 radical (unpaired) electrons. The fraction of sp³-hybridized carbons (Fsp3) is 0.727. The van der Waals surface area contributed by atoms with E-state index in [1.54, 1.807) is 6.08 Å². The van der Waals surface area contributed by atoms with Crippen LogP contribution < -0.4 is 5.32 Å². The number of carbonyl (C=O) groups is 2. The van der Waals surface area contributed by atoms with Gasteiger partial charge in [0.25, 0.3) is 0 Å². The largest absolute Gasteiger partial charge is 0.454 e. The lowest BCUT2D eigenvalue weighted by Gasteiger charge is -2.75. The van der Waals surface area contributed by atoms with Crippen molar-refractivity contribution >= 4 is 12.3 Å². The number of aliphatic hydroxyl groups excluding tert-OH is 2. The summed E-state index contributed by atoms with van der Waals surface area (Å²) in [6.45, 7) is 2.66. The quantitative estimate of drug-likeness (QED) is 0.0898. The zero-order chi connectivity index (χ0) is 52.2. The first-order valence-electron chi connectivity index (χ1n) is 30.5. The molecule has 2 heterocycles. The summed E-state index contributed by atoms with van der Waals surface area (Å²) in [5.41, 5.74) is -4.40. The number of fused-ring (bicyclic) bond motifs is 8. The van der Waals surface area contributed by atoms with Crippen molar-refractivity contribution in [2.24, 2.45) is 86.8 Å². The average Bonchev–Trinajstić information content (AvgIpc) is 3.58. The van der Waals surface area contributed by atoms with Crippen molar-refractivity contribution in [3.05, 3.63) is 82.4 Å². The van der Waals surface area contributed by atoms with E-state index >= 15 is 15.0 Å². The van der Waals surface area contributed by atoms with Crippen molar-refractivity contribution in [1.82, 2.24) is 5.32 Å². The van der Waals surface area contributed by atoms with Crippen LogP contribution in [-0.4, -0.2) is 93.1 Å². The molecule has 1 saturated heterocycles. The van der Waals surface area contributed by atoms with Crippen molar-refractivity contribution in [1.29, 1.82) is 0 Å². The van der Waals surface area contributed by atoms with E-state index in [1.807, 2.05) is 25.2 Å². The van der Waals surface area contributed by atoms with Gasteiger partial charge in [0.2, 0.25) is 0 Å². The molecule has 2 aromatic rings. The number of esters is 1. The van der Waals surface area contributed by atoms with Gasteiger partial charge >= 0.3 is 5.97 Å². The Morgan fingerprint density at radius 3 is 2.43 bits per heavy atom. The van der Waals surface area contributed by atoms with E-state index in [4.69, 9.17) is 9.47 Å². The van der Waals surface area contributed by atoms with E-state index in [0.29, 0.717) is 93.5 Å². The Bertz CT molecular complexity index is 2730. The predicted molar refractivity (Wildman–Crippen MR) is 287 cm³/mol. The van der Waals surface area contributed by atoms with Crippen LogP contribution in [0.5, 0.6) is 0 Å². The number of ether oxygens (including phenoxy) is 2. The first-order chi connectivity index (χ1) is 36.8. The normalized spacial score (nSPS) is 49.1. The Balaban J connectivity index is 0.947. The highest BCUT2D eigenvalue weighted by atomic mass is 16.5. The Kier molecular flexibility index (Phi) is 12.1. The van der Waals surface area contributed by atoms with Gasteiger partial charge in [0.15, 0.2) is 0 Å². The standard InChI is InChI=1S/C66H85NO9/c1-39(40-11-6-7-12-40)43-18-21-53-59-62(47(23-26-75-59)29-46-27-44(19-20-52(46)62)41-13-4-3-5-14-41)36-60(37-69)56-22-25-61-24-9-8-15-42-16-10-17-45(35-68)50(42)31-55(67-2)51-30-48(63(61,38-70)54-32-57(71)76-58(51)54)34-65(61,73)64(56,72)33-49(28-43)66(53,60)74/h3-5,10,13-14,16-17,32,37,39-40,43-44,46-49,51-53,55-56,58-59,67-68,70,72-74H,6-7,9,11-12,18-31,33-36,38H2,1-2H3/t39-,43+,44-,46-,47-,48-,49+,51+,52-,53+,55+,56+,58-,59+,60-,61+,62-,63+,64-,65+,66-/m0/s1. The maximum atomic E-state index is 15.6. The van der Waals surface area contributed by atoms with Crippen molar-refractivity contribution in [3.63, 3.8) is 0 Å². The van der Waals surface area contributed by atoms with E-state index in [1.165, 1.54) is 37.5 Å². The number of likely N-dealkylation sites (N-methyl/N-ethyl adjacent to an activating group) is 1. The molecule has 0 amide bonds. The highest BCUT2D eigenvalue weighted by molar-refractivity contribution is 5.87. The molecule has 76 heavy (non-hydrogen) atoms. The summed E-state index contributed by atoms with van der Waals surface area (Å²) in [6, 6.07) is 16.7. The molecule has 10 heteroatoms. The fourth-order valence-corrected chi connectivity index (χ4v) is 23.6. The lowest BCUT2D eigenvalue weighted by Crippen LogP contribution is -2.83. The SMILES string of the molecule is CN[C@@H]1Cc2c(cccc2CO)C#CCC[C@]23CC[C@H]4[C@@](O)(C[C@H]5C[C@H]([C@@H](C)C6CCCC6)CC[C@@H]6[C@H]7OCC[C@H]8C[C@@H]9C[C@@H](c%10ccccc%10)CC[C@@H]9[C@]87C[C@@]4(C=O)[C@]56O)[C@@]2(O)C[C@@H]2C[C@H]1[C@@H]1OC(=O)C=C1[C@@]23CO. The monoisotopic (exact) mass is 1040 g/mol. The molecule has 11 aliphatic carbocycles. The van der Waals surface area contributed by atoms with Crippen molar-refractivity contribution in [2.75, 3.05) is 20.3 Å². The molecule has 2 spiro atoms. The molecule has 10 nitrogen and oxygen atoms in total. The number of carbonyl (C=O) groups excluding carboxylic acids is 2. The Morgan fingerprint density at radius 1 is 0.842 bits per heavy atom. The number of hydrogen-bond donors (Lipinski definition) is 6. The average molecular weight is 1040 g/mol. The molecule has 21 atom stereocenters. The molecule has 6 N–H and O–H groups in total. The maximum Gasteiger partial charge on any atom is 0.331 e. The van der Waals surface area contributed by atoms with E-state index in [0.717, 1.165) is 67.2 Å². The van der Waals surface area contributed by atoms with Crippen LogP contribution in [0.4, 0.5) is 0 Å². The number of hydrogen-bond acceptors (Lipinski definition) is 10. The number of aldehydes is 1. The van der Waals surface area contributed by atoms with Gasteiger partial charge in [0.05, 0.1) is 35.9 Å². The Morgan fingerprint density at radius 2 is 1.66 bits per heavy atom. The maximum absolute atomic E-state index is 15.6. The van der Waals surface area contributed by atoms with Gasteiger partial charge in [0.1, 0.15) is 18.0 Å². The number of benzene rings is 2. The van der Waals surface area contributed by atoms with Crippen molar-refractivity contribution in [3.8, 4) is 11.8 Å². The number of aliphatic hydroxyl groups is 5. The lowest BCUT2D eigenvalue weighted by molar-refractivity contribution is -0.369. The van der Waals surface area contributed by atoms with Crippen LogP contribution in [0, 0.1) is 98.6 Å². The lowest BCUT2D eigenvalue weighted by atomic mass is 9.31. The smallest absolute Gasteiger partial charge is 0.331 e. The molecule has 2 aliphatic heterocycles. The minimum absolute atomic E-state index is 0.132. The van der Waals surface area contributed by atoms with Gasteiger partial charge in [-0.25, -0.2) is 4.79 Å². The third kappa shape index (κ3) is 6.38. The number of nitrogens with one attached hydrogen (secondary N) is 1. The van der Waals surface area contributed by atoms with Crippen LogP contribution in [0.1, 0.15) is 164 Å². The van der Waals surface area contributed by atoms with Crippen LogP contribution in [-0.2, 0) is 32.1 Å². The van der Waals surface area contributed by atoms with E-state index in [9.17, 15) is 20.1 Å². The minimum atomic E-state index is -1.83. The summed E-state index contributed by atoms with van der Waals surface area (Å²) < 4.78 is 13.8. The van der Waals surface area contributed by atoms with Crippen molar-refractivity contribution < 1.29 is 44.6 Å². The van der Waals surface area contributed by atoms with Gasteiger partial charge in [-0.15, -0.1) is 0 Å². The van der Waals surface area contributed by atoms with Crippen molar-refractivity contribution in [2.45, 2.75) is 189 Å². The molecule has 0 aromatic heterocycles. The van der Waals surface area contributed by atoms with Gasteiger partial charge in [-0.05, 0) is 191 Å². The van der Waals surface area contributed by atoms with Gasteiger partial charge in [0, 0.05) is 64.7 Å². The summed E-state index contributed by atoms with van der Waals surface area (Å²) in [5, 5.41) is 71.7. The van der Waals surface area contributed by atoms with Gasteiger partial charge < -0.3 is 45.1 Å². The second kappa shape index (κ2) is 18.1. The molecule has 4 bridgehead atoms. The van der Waals surface area contributed by atoms with Crippen LogP contribution in [0.15, 0.2) is 60.2 Å². The van der Waals surface area contributed by atoms with Gasteiger partial charge in [-0.3, -0.25) is 0 Å². The van der Waals surface area contributed by atoms with E-state index in [-0.39, 0.29) is 67.3 Å². The summed E-state index contributed by atoms with van der Waals surface area (Å²) >= 11 is 0. The Hall–Kier alpha value is -3.40. The van der Waals surface area contributed by atoms with E-state index in [2.05, 4.69) is 54.4 Å². The van der Waals surface area contributed by atoms with Crippen LogP contribution in [0.3, 0.4) is 0 Å². The van der Waals surface area contributed by atoms with Gasteiger partial charge in [-0.1, -0.05) is 86.9 Å². The fourth-order valence-electron chi connectivity index (χ4n) is 23.6. The predicted octanol–water partition coefficient (Wildman–Crippen LogP) is 8.76. The summed E-state index contributed by atoms with van der Waals surface area (Å²) in [4.78, 5) is 29.6. The third-order valence-electron chi connectivity index (χ3n) is 26.4. The second-order valence-electron chi connectivity index (χ2n) is 27.9. The van der Waals surface area contributed by atoms with Crippen LogP contribution in [0.25, 0.3) is 0 Å². The summed E-state index contributed by atoms with van der Waals surface area (Å²) in [6.07, 6.45) is 17.9. The highest BCUT2D eigenvalue weighted by Gasteiger charge is 2.88. The summed E-state index contributed by atoms with van der Waals surface area (Å²) in [7, 11) is 1.93.